The zero-order valence-electron chi connectivity index (χ0n) is 7.73. The van der Waals surface area contributed by atoms with Crippen LogP contribution in [-0.2, 0) is 9.53 Å². The van der Waals surface area contributed by atoms with E-state index in [-0.39, 0.29) is 17.1 Å². The molecule has 0 aromatic carbocycles. The van der Waals surface area contributed by atoms with Crippen LogP contribution in [0.15, 0.2) is 5.18 Å². The first-order chi connectivity index (χ1) is 6.24. The van der Waals surface area contributed by atoms with Crippen LogP contribution in [0, 0.1) is 10.8 Å². The van der Waals surface area contributed by atoms with Crippen molar-refractivity contribution in [3.63, 3.8) is 0 Å². The van der Waals surface area contributed by atoms with Crippen LogP contribution in [0.4, 0.5) is 0 Å². The fourth-order valence-corrected chi connectivity index (χ4v) is 3.08. The first kappa shape index (κ1) is 10.5. The van der Waals surface area contributed by atoms with Crippen molar-refractivity contribution in [2.75, 3.05) is 12.9 Å². The summed E-state index contributed by atoms with van der Waals surface area (Å²) in [5, 5.41) is 2.64. The number of ether oxygens (including phenoxy) is 1. The Morgan fingerprint density at radius 2 is 2.38 bits per heavy atom. The molecule has 3 unspecified atom stereocenters. The van der Waals surface area contributed by atoms with Gasteiger partial charge in [-0.15, -0.1) is 11.8 Å². The van der Waals surface area contributed by atoms with E-state index < -0.39 is 6.04 Å². The number of nitroso groups, excluding NO2 is 1. The Morgan fingerprint density at radius 3 is 2.85 bits per heavy atom. The molecule has 1 heterocycles. The molecule has 13 heavy (non-hydrogen) atoms. The van der Waals surface area contributed by atoms with Crippen molar-refractivity contribution in [3.05, 3.63) is 4.91 Å². The van der Waals surface area contributed by atoms with Gasteiger partial charge in [-0.2, -0.15) is 4.91 Å². The van der Waals surface area contributed by atoms with Gasteiger partial charge in [0.2, 0.25) is 0 Å². The predicted molar refractivity (Wildman–Crippen MR) is 51.6 cm³/mol. The van der Waals surface area contributed by atoms with E-state index in [2.05, 4.69) is 9.91 Å². The Morgan fingerprint density at radius 1 is 1.69 bits per heavy atom. The number of methoxy groups -OCH3 is 1. The highest BCUT2D eigenvalue weighted by Gasteiger charge is 2.42. The fourth-order valence-electron chi connectivity index (χ4n) is 1.50. The second-order valence-corrected chi connectivity index (χ2v) is 4.22. The molecule has 1 fully saturated rings. The van der Waals surface area contributed by atoms with E-state index in [0.717, 1.165) is 12.2 Å². The molecule has 0 N–H and O–H groups in total. The van der Waals surface area contributed by atoms with Gasteiger partial charge in [-0.25, -0.2) is 0 Å². The van der Waals surface area contributed by atoms with Crippen LogP contribution in [0.1, 0.15) is 13.3 Å². The maximum absolute atomic E-state index is 11.2. The monoisotopic (exact) mass is 203 g/mol. The first-order valence-electron chi connectivity index (χ1n) is 4.26. The van der Waals surface area contributed by atoms with Gasteiger partial charge in [-0.05, 0) is 11.7 Å². The number of hydrogen-bond donors (Lipinski definition) is 0. The molecule has 0 aromatic heterocycles. The molecular weight excluding hydrogens is 190 g/mol. The van der Waals surface area contributed by atoms with E-state index in [9.17, 15) is 9.70 Å². The fraction of sp³-hybridized carbons (Fsp3) is 0.875. The lowest BCUT2D eigenvalue weighted by Gasteiger charge is -2.13. The van der Waals surface area contributed by atoms with Crippen molar-refractivity contribution in [2.24, 2.45) is 11.1 Å². The van der Waals surface area contributed by atoms with E-state index in [1.165, 1.54) is 18.9 Å². The summed E-state index contributed by atoms with van der Waals surface area (Å²) in [4.78, 5) is 21.7. The van der Waals surface area contributed by atoms with Gasteiger partial charge in [0.1, 0.15) is 11.3 Å². The van der Waals surface area contributed by atoms with Crippen LogP contribution >= 0.6 is 11.8 Å². The van der Waals surface area contributed by atoms with Crippen molar-refractivity contribution in [2.45, 2.75) is 24.6 Å². The minimum atomic E-state index is -0.401. The second kappa shape index (κ2) is 4.60. The van der Waals surface area contributed by atoms with Gasteiger partial charge in [0.25, 0.3) is 0 Å². The molecule has 0 bridgehead atoms. The summed E-state index contributed by atoms with van der Waals surface area (Å²) < 4.78 is 4.60. The molecule has 1 aliphatic heterocycles. The molecule has 0 aromatic rings. The van der Waals surface area contributed by atoms with E-state index in [4.69, 9.17) is 0 Å². The van der Waals surface area contributed by atoms with Crippen LogP contribution in [0.5, 0.6) is 0 Å². The molecule has 0 spiro atoms. The summed E-state index contributed by atoms with van der Waals surface area (Å²) >= 11 is 1.47. The molecule has 0 aliphatic carbocycles. The highest BCUT2D eigenvalue weighted by atomic mass is 32.2. The molecule has 5 heteroatoms. The summed E-state index contributed by atoms with van der Waals surface area (Å²) in [7, 11) is 1.34. The Hall–Kier alpha value is -0.580. The number of carbonyl (C=O) groups is 1. The predicted octanol–water partition coefficient (Wildman–Crippen LogP) is 1.44. The molecule has 0 radical (unpaired) electrons. The van der Waals surface area contributed by atoms with Crippen LogP contribution in [0.2, 0.25) is 0 Å². The molecule has 0 amide bonds. The van der Waals surface area contributed by atoms with Gasteiger partial charge in [0.05, 0.1) is 7.11 Å². The van der Waals surface area contributed by atoms with Gasteiger partial charge in [0, 0.05) is 0 Å². The number of rotatable bonds is 3. The standard InChI is InChI=1S/C8H13NO3S/c1-3-5-4-13-7(6(5)9-11)8(10)12-2/h5-7H,3-4H2,1-2H3. The minimum absolute atomic E-state index is 0.228. The van der Waals surface area contributed by atoms with E-state index in [1.807, 2.05) is 6.92 Å². The molecule has 0 saturated carbocycles. The zero-order chi connectivity index (χ0) is 9.84. The largest absolute Gasteiger partial charge is 0.468 e. The first-order valence-corrected chi connectivity index (χ1v) is 5.31. The van der Waals surface area contributed by atoms with Gasteiger partial charge in [0.15, 0.2) is 0 Å². The average Bonchev–Trinajstić information content (AvgIpc) is 2.58. The summed E-state index contributed by atoms with van der Waals surface area (Å²) in [5.41, 5.74) is 0. The van der Waals surface area contributed by atoms with Gasteiger partial charge >= 0.3 is 5.97 Å². The third kappa shape index (κ3) is 2.02. The Labute approximate surface area is 81.4 Å². The third-order valence-electron chi connectivity index (χ3n) is 2.36. The van der Waals surface area contributed by atoms with Crippen molar-refractivity contribution >= 4 is 17.7 Å². The van der Waals surface area contributed by atoms with Crippen LogP contribution in [0.25, 0.3) is 0 Å². The molecule has 4 nitrogen and oxygen atoms in total. The zero-order valence-corrected chi connectivity index (χ0v) is 8.54. The highest BCUT2D eigenvalue weighted by molar-refractivity contribution is 8.00. The average molecular weight is 203 g/mol. The van der Waals surface area contributed by atoms with Crippen LogP contribution < -0.4 is 0 Å². The Kier molecular flexibility index (Phi) is 3.71. The van der Waals surface area contributed by atoms with Gasteiger partial charge in [-0.1, -0.05) is 18.5 Å². The lowest BCUT2D eigenvalue weighted by atomic mass is 9.97. The van der Waals surface area contributed by atoms with Crippen molar-refractivity contribution < 1.29 is 9.53 Å². The normalized spacial score (nSPS) is 32.9. The molecule has 1 aliphatic rings. The maximum atomic E-state index is 11.2. The lowest BCUT2D eigenvalue weighted by Crippen LogP contribution is -2.30. The lowest BCUT2D eigenvalue weighted by molar-refractivity contribution is -0.140. The SMILES string of the molecule is CCC1CSC(C(=O)OC)C1N=O. The topological polar surface area (TPSA) is 55.7 Å². The van der Waals surface area contributed by atoms with Gasteiger partial charge < -0.3 is 4.74 Å². The summed E-state index contributed by atoms with van der Waals surface area (Å²) in [5.74, 6) is 0.726. The summed E-state index contributed by atoms with van der Waals surface area (Å²) in [6.45, 7) is 2.00. The smallest absolute Gasteiger partial charge is 0.321 e. The Balaban J connectivity index is 2.67. The number of hydrogen-bond acceptors (Lipinski definition) is 5. The number of nitrogens with zero attached hydrogens (tertiary/aromatic N) is 1. The molecular formula is C8H13NO3S. The maximum Gasteiger partial charge on any atom is 0.321 e. The van der Waals surface area contributed by atoms with E-state index >= 15 is 0 Å². The number of carbonyl (C=O) groups excluding carboxylic acids is 1. The second-order valence-electron chi connectivity index (χ2n) is 3.04. The molecule has 1 rings (SSSR count). The van der Waals surface area contributed by atoms with Gasteiger partial charge in [-0.3, -0.25) is 4.79 Å². The summed E-state index contributed by atoms with van der Waals surface area (Å²) in [6.07, 6.45) is 0.886. The minimum Gasteiger partial charge on any atom is -0.468 e. The highest BCUT2D eigenvalue weighted by Crippen LogP contribution is 2.36. The molecule has 74 valence electrons. The van der Waals surface area contributed by atoms with Crippen molar-refractivity contribution in [1.82, 2.24) is 0 Å². The van der Waals surface area contributed by atoms with E-state index in [1.54, 1.807) is 0 Å². The number of esters is 1. The van der Waals surface area contributed by atoms with E-state index in [0.29, 0.717) is 0 Å². The van der Waals surface area contributed by atoms with Crippen molar-refractivity contribution in [3.8, 4) is 0 Å². The Bertz CT molecular complexity index is 210. The van der Waals surface area contributed by atoms with Crippen LogP contribution in [0.3, 0.4) is 0 Å². The van der Waals surface area contributed by atoms with Crippen molar-refractivity contribution in [1.29, 1.82) is 0 Å². The molecule has 1 saturated heterocycles. The summed E-state index contributed by atoms with van der Waals surface area (Å²) in [6, 6.07) is -0.401. The van der Waals surface area contributed by atoms with Crippen LogP contribution in [-0.4, -0.2) is 30.1 Å². The quantitative estimate of drug-likeness (QED) is 0.514. The third-order valence-corrected chi connectivity index (χ3v) is 3.81. The molecule has 3 atom stereocenters. The number of thioether (sulfide) groups is 1.